The van der Waals surface area contributed by atoms with Gasteiger partial charge < -0.3 is 26.4 Å². The predicted molar refractivity (Wildman–Crippen MR) is 121 cm³/mol. The van der Waals surface area contributed by atoms with E-state index in [-0.39, 0.29) is 16.9 Å². The van der Waals surface area contributed by atoms with Crippen LogP contribution in [0.15, 0.2) is 51.9 Å². The summed E-state index contributed by atoms with van der Waals surface area (Å²) in [6.45, 7) is 1.33. The molecule has 0 saturated carbocycles. The summed E-state index contributed by atoms with van der Waals surface area (Å²) < 4.78 is 60.6. The summed E-state index contributed by atoms with van der Waals surface area (Å²) >= 11 is 0. The van der Waals surface area contributed by atoms with Crippen LogP contribution in [0.25, 0.3) is 6.08 Å². The lowest BCUT2D eigenvalue weighted by Crippen LogP contribution is -2.42. The number of amides is 1. The quantitative estimate of drug-likeness (QED) is 0.169. The van der Waals surface area contributed by atoms with Crippen LogP contribution >= 0.6 is 0 Å². The summed E-state index contributed by atoms with van der Waals surface area (Å²) in [5, 5.41) is 17.7. The molecule has 0 aliphatic heterocycles. The van der Waals surface area contributed by atoms with Gasteiger partial charge >= 0.3 is 11.9 Å². The number of carbonyl (C=O) groups excluding carboxylic acids is 1. The number of sulfonamides is 1. The molecule has 2 aromatic rings. The minimum Gasteiger partial charge on any atom is -0.481 e. The van der Waals surface area contributed by atoms with Crippen LogP contribution in [0, 0.1) is 11.6 Å². The molecule has 0 aliphatic rings. The average Bonchev–Trinajstić information content (AvgIpc) is 2.75. The zero-order chi connectivity index (χ0) is 27.2. The van der Waals surface area contributed by atoms with Crippen molar-refractivity contribution in [3.05, 3.63) is 59.2 Å². The van der Waals surface area contributed by atoms with Gasteiger partial charge in [0.15, 0.2) is 23.3 Å². The van der Waals surface area contributed by atoms with Crippen LogP contribution in [0.3, 0.4) is 0 Å². The molecule has 1 unspecified atom stereocenters. The van der Waals surface area contributed by atoms with Gasteiger partial charge in [-0.2, -0.15) is 9.71 Å². The first-order valence-electron chi connectivity index (χ1n) is 9.75. The number of benzene rings is 2. The molecule has 0 fully saturated rings. The number of ether oxygens (including phenoxy) is 1. The molecule has 1 amide bonds. The number of nitrogens with zero attached hydrogens (tertiary/aromatic N) is 1. The number of rotatable bonds is 10. The predicted octanol–water partition coefficient (Wildman–Crippen LogP) is 1.17. The summed E-state index contributed by atoms with van der Waals surface area (Å²) in [7, 11) is -4.44. The molecule has 192 valence electrons. The molecule has 0 bridgehead atoms. The van der Waals surface area contributed by atoms with E-state index in [1.165, 1.54) is 6.92 Å². The molecule has 0 aliphatic carbocycles. The Morgan fingerprint density at radius 1 is 1.11 bits per heavy atom. The molecule has 2 aromatic carbocycles. The first kappa shape index (κ1) is 27.9. The van der Waals surface area contributed by atoms with Gasteiger partial charge in [0, 0.05) is 5.57 Å². The maximum Gasteiger partial charge on any atom is 0.322 e. The third-order valence-corrected chi connectivity index (χ3v) is 5.79. The monoisotopic (exact) mass is 526 g/mol. The summed E-state index contributed by atoms with van der Waals surface area (Å²) in [5.41, 5.74) is 10.2. The number of carboxylic acid groups (broad SMARTS) is 2. The maximum atomic E-state index is 14.5. The molecular formula is C21H20F2N4O8S. The van der Waals surface area contributed by atoms with E-state index in [4.69, 9.17) is 26.4 Å². The highest BCUT2D eigenvalue weighted by Gasteiger charge is 2.27. The summed E-state index contributed by atoms with van der Waals surface area (Å²) in [4.78, 5) is 36.4. The number of hydrogen-bond donors (Lipinski definition) is 5. The Bertz CT molecular complexity index is 1330. The molecule has 12 nitrogen and oxygen atoms in total. The third-order valence-electron chi connectivity index (χ3n) is 4.30. The fourth-order valence-electron chi connectivity index (χ4n) is 2.69. The lowest BCUT2D eigenvalue weighted by molar-refractivity contribution is -0.145. The fourth-order valence-corrected chi connectivity index (χ4v) is 3.88. The lowest BCUT2D eigenvalue weighted by atomic mass is 10.1. The van der Waals surface area contributed by atoms with Crippen LogP contribution in [0.5, 0.6) is 11.5 Å². The van der Waals surface area contributed by atoms with E-state index < -0.39 is 68.6 Å². The number of carboxylic acids is 2. The summed E-state index contributed by atoms with van der Waals surface area (Å²) in [5.74, 6) is -7.78. The molecule has 1 atom stereocenters. The van der Waals surface area contributed by atoms with Crippen LogP contribution < -0.4 is 20.9 Å². The van der Waals surface area contributed by atoms with Crippen molar-refractivity contribution in [2.24, 2.45) is 16.5 Å². The van der Waals surface area contributed by atoms with E-state index in [0.29, 0.717) is 0 Å². The second-order valence-electron chi connectivity index (χ2n) is 7.17. The number of halogens is 2. The fraction of sp³-hybridized carbons (Fsp3) is 0.143. The zero-order valence-electron chi connectivity index (χ0n) is 18.4. The molecule has 0 spiro atoms. The number of hydrogen-bond acceptors (Lipinski definition) is 6. The molecule has 2 rings (SSSR count). The molecule has 36 heavy (non-hydrogen) atoms. The Balaban J connectivity index is 2.24. The minimum atomic E-state index is -4.44. The number of aliphatic imine (C=N–C) groups is 1. The highest BCUT2D eigenvalue weighted by molar-refractivity contribution is 7.89. The van der Waals surface area contributed by atoms with E-state index in [1.54, 1.807) is 4.72 Å². The summed E-state index contributed by atoms with van der Waals surface area (Å²) in [6, 6.07) is 3.85. The normalized spacial score (nSPS) is 12.5. The Hall–Kier alpha value is -4.37. The van der Waals surface area contributed by atoms with Crippen molar-refractivity contribution in [3.63, 3.8) is 0 Å². The summed E-state index contributed by atoms with van der Waals surface area (Å²) in [6.07, 6.45) is 0.146. The van der Waals surface area contributed by atoms with Gasteiger partial charge in [0.2, 0.25) is 10.0 Å². The van der Waals surface area contributed by atoms with Crippen LogP contribution in [0.1, 0.15) is 18.9 Å². The number of carbonyl (C=O) groups is 3. The van der Waals surface area contributed by atoms with Crippen LogP contribution in [-0.4, -0.2) is 48.5 Å². The molecule has 0 saturated heterocycles. The van der Waals surface area contributed by atoms with Crippen molar-refractivity contribution in [3.8, 4) is 11.5 Å². The second-order valence-corrected chi connectivity index (χ2v) is 8.88. The smallest absolute Gasteiger partial charge is 0.322 e. The van der Waals surface area contributed by atoms with E-state index >= 15 is 0 Å². The standard InChI is InChI=1S/C21H20F2N4O8S/c1-10(19(30)26-21(24)25)6-11-7-14(22)18(15(23)8-11)35-12-2-4-13(5-3-12)36(33,34)27-16(20(31)32)9-17(28)29/h2-8,16,27H,9H2,1H3,(H,28,29)(H,31,32)(H4,24,25,26,30). The van der Waals surface area contributed by atoms with Crippen molar-refractivity contribution in [1.29, 1.82) is 0 Å². The number of aliphatic carboxylic acids is 2. The minimum absolute atomic E-state index is 0.00484. The highest BCUT2D eigenvalue weighted by atomic mass is 32.2. The molecule has 0 heterocycles. The van der Waals surface area contributed by atoms with E-state index in [1.807, 2.05) is 0 Å². The van der Waals surface area contributed by atoms with Gasteiger partial charge in [-0.15, -0.1) is 0 Å². The Morgan fingerprint density at radius 2 is 1.67 bits per heavy atom. The van der Waals surface area contributed by atoms with Crippen LogP contribution in [-0.2, 0) is 24.4 Å². The van der Waals surface area contributed by atoms with Gasteiger partial charge in [-0.05, 0) is 55.0 Å². The van der Waals surface area contributed by atoms with E-state index in [2.05, 4.69) is 4.99 Å². The van der Waals surface area contributed by atoms with Gasteiger partial charge in [-0.1, -0.05) is 0 Å². The van der Waals surface area contributed by atoms with Crippen LogP contribution in [0.2, 0.25) is 0 Å². The molecule has 0 aromatic heterocycles. The van der Waals surface area contributed by atoms with Crippen molar-refractivity contribution < 1.29 is 46.5 Å². The SMILES string of the molecule is CC(=Cc1cc(F)c(Oc2ccc(S(=O)(=O)NC(CC(=O)O)C(=O)O)cc2)c(F)c1)C(=O)N=C(N)N. The van der Waals surface area contributed by atoms with Crippen molar-refractivity contribution in [2.75, 3.05) is 0 Å². The number of nitrogens with one attached hydrogen (secondary N) is 1. The van der Waals surface area contributed by atoms with E-state index in [0.717, 1.165) is 42.5 Å². The van der Waals surface area contributed by atoms with Crippen molar-refractivity contribution >= 4 is 39.9 Å². The average molecular weight is 526 g/mol. The van der Waals surface area contributed by atoms with Gasteiger partial charge in [0.05, 0.1) is 11.3 Å². The Labute approximate surface area is 202 Å². The first-order valence-corrected chi connectivity index (χ1v) is 11.2. The maximum absolute atomic E-state index is 14.5. The zero-order valence-corrected chi connectivity index (χ0v) is 19.3. The van der Waals surface area contributed by atoms with Crippen LogP contribution in [0.4, 0.5) is 8.78 Å². The Kier molecular flexibility index (Phi) is 8.80. The van der Waals surface area contributed by atoms with Gasteiger partial charge in [0.25, 0.3) is 5.91 Å². The topological polar surface area (TPSA) is 211 Å². The molecule has 15 heteroatoms. The molecular weight excluding hydrogens is 506 g/mol. The lowest BCUT2D eigenvalue weighted by Gasteiger charge is -2.13. The second kappa shape index (κ2) is 11.4. The third kappa shape index (κ3) is 7.57. The number of nitrogens with two attached hydrogens (primary N) is 2. The molecule has 0 radical (unpaired) electrons. The highest BCUT2D eigenvalue weighted by Crippen LogP contribution is 2.30. The largest absolute Gasteiger partial charge is 0.481 e. The molecule has 7 N–H and O–H groups in total. The first-order chi connectivity index (χ1) is 16.7. The van der Waals surface area contributed by atoms with Crippen molar-refractivity contribution in [2.45, 2.75) is 24.3 Å². The van der Waals surface area contributed by atoms with Gasteiger partial charge in [0.1, 0.15) is 11.8 Å². The number of guanidine groups is 1. The van der Waals surface area contributed by atoms with Crippen molar-refractivity contribution in [1.82, 2.24) is 4.72 Å². The van der Waals surface area contributed by atoms with Gasteiger partial charge in [-0.25, -0.2) is 17.2 Å². The Morgan fingerprint density at radius 3 is 2.14 bits per heavy atom. The van der Waals surface area contributed by atoms with Gasteiger partial charge in [-0.3, -0.25) is 14.4 Å². The van der Waals surface area contributed by atoms with E-state index in [9.17, 15) is 31.6 Å².